The third-order valence-corrected chi connectivity index (χ3v) is 5.96. The lowest BCUT2D eigenvalue weighted by Gasteiger charge is -2.39. The van der Waals surface area contributed by atoms with Crippen molar-refractivity contribution in [1.82, 2.24) is 0 Å². The van der Waals surface area contributed by atoms with Gasteiger partial charge in [0.1, 0.15) is 11.5 Å². The van der Waals surface area contributed by atoms with Crippen molar-refractivity contribution in [2.75, 3.05) is 20.4 Å². The summed E-state index contributed by atoms with van der Waals surface area (Å²) in [6.07, 6.45) is 2.22. The van der Waals surface area contributed by atoms with Crippen molar-refractivity contribution in [3.05, 3.63) is 40.6 Å². The zero-order chi connectivity index (χ0) is 17.3. The Labute approximate surface area is 144 Å². The largest absolute Gasteiger partial charge is 0.624 e. The molecule has 0 saturated heterocycles. The van der Waals surface area contributed by atoms with E-state index >= 15 is 0 Å². The second-order valence-corrected chi connectivity index (χ2v) is 7.04. The zero-order valence-electron chi connectivity index (χ0n) is 13.7. The third kappa shape index (κ3) is 1.78. The van der Waals surface area contributed by atoms with E-state index in [9.17, 15) is 15.4 Å². The normalized spacial score (nSPS) is 37.7. The van der Waals surface area contributed by atoms with Gasteiger partial charge in [-0.15, -0.1) is 0 Å². The van der Waals surface area contributed by atoms with Crippen LogP contribution in [0.1, 0.15) is 23.7 Å². The first kappa shape index (κ1) is 15.2. The zero-order valence-corrected chi connectivity index (χ0v) is 13.7. The van der Waals surface area contributed by atoms with Crippen LogP contribution in [0.2, 0.25) is 0 Å². The predicted octanol–water partition coefficient (Wildman–Crippen LogP) is 0.617. The molecule has 4 aliphatic rings. The van der Waals surface area contributed by atoms with Gasteiger partial charge in [0.25, 0.3) is 0 Å². The van der Waals surface area contributed by atoms with Crippen LogP contribution in [-0.2, 0) is 10.2 Å². The molecule has 7 heteroatoms. The monoisotopic (exact) mass is 345 g/mol. The number of aliphatic hydroxyl groups excluding tert-OH is 2. The summed E-state index contributed by atoms with van der Waals surface area (Å²) in [7, 11) is 1.60. The summed E-state index contributed by atoms with van der Waals surface area (Å²) in [5.74, 6) is 0.714. The molecule has 2 N–H and O–H groups in total. The summed E-state index contributed by atoms with van der Waals surface area (Å²) in [5.41, 5.74) is 0.924. The van der Waals surface area contributed by atoms with E-state index in [4.69, 9.17) is 14.2 Å². The van der Waals surface area contributed by atoms with Crippen LogP contribution >= 0.6 is 0 Å². The predicted molar refractivity (Wildman–Crippen MR) is 86.8 cm³/mol. The molecule has 2 aliphatic carbocycles. The Kier molecular flexibility index (Phi) is 3.02. The minimum absolute atomic E-state index is 0.0194. The third-order valence-electron chi connectivity index (χ3n) is 5.96. The van der Waals surface area contributed by atoms with Crippen LogP contribution in [-0.4, -0.2) is 53.3 Å². The van der Waals surface area contributed by atoms with Crippen LogP contribution < -0.4 is 9.47 Å². The van der Waals surface area contributed by atoms with Gasteiger partial charge in [-0.25, -0.2) is 4.74 Å². The van der Waals surface area contributed by atoms with E-state index < -0.39 is 23.5 Å². The fraction of sp³-hybridized carbons (Fsp3) is 0.500. The van der Waals surface area contributed by atoms with Gasteiger partial charge < -0.3 is 29.6 Å². The quantitative estimate of drug-likeness (QED) is 0.440. The van der Waals surface area contributed by atoms with Crippen LogP contribution in [0.5, 0.6) is 11.5 Å². The van der Waals surface area contributed by atoms with Crippen LogP contribution in [0.15, 0.2) is 24.3 Å². The second kappa shape index (κ2) is 4.97. The van der Waals surface area contributed by atoms with Crippen LogP contribution in [0.3, 0.4) is 0 Å². The molecule has 0 aromatic heterocycles. The first-order valence-corrected chi connectivity index (χ1v) is 8.40. The maximum Gasteiger partial charge on any atom is 0.231 e. The molecule has 5 rings (SSSR count). The minimum atomic E-state index is -0.963. The summed E-state index contributed by atoms with van der Waals surface area (Å²) >= 11 is 0. The van der Waals surface area contributed by atoms with Gasteiger partial charge in [0.2, 0.25) is 6.79 Å². The Morgan fingerprint density at radius 3 is 2.80 bits per heavy atom. The number of β-amino-alcohol motifs (C(OH)–C–C–N with tert-alkyl or cyclic N) is 1. The summed E-state index contributed by atoms with van der Waals surface area (Å²) in [5, 5.41) is 34.5. The number of ether oxygens (including phenoxy) is 3. The minimum Gasteiger partial charge on any atom is -0.624 e. The van der Waals surface area contributed by atoms with Gasteiger partial charge in [-0.05, 0) is 29.7 Å². The lowest BCUT2D eigenvalue weighted by atomic mass is 9.62. The molecule has 0 radical (unpaired) electrons. The lowest BCUT2D eigenvalue weighted by molar-refractivity contribution is -0.459. The topological polar surface area (TPSA) is 94.2 Å². The summed E-state index contributed by atoms with van der Waals surface area (Å²) < 4.78 is 17.2. The Morgan fingerprint density at radius 1 is 1.28 bits per heavy atom. The number of hydrogen-bond acceptors (Lipinski definition) is 6. The van der Waals surface area contributed by atoms with E-state index in [1.54, 1.807) is 19.2 Å². The van der Waals surface area contributed by atoms with Gasteiger partial charge in [0.05, 0.1) is 18.1 Å². The molecule has 1 aromatic carbocycles. The second-order valence-electron chi connectivity index (χ2n) is 7.04. The Bertz CT molecular complexity index is 818. The van der Waals surface area contributed by atoms with Crippen molar-refractivity contribution in [1.29, 1.82) is 0 Å². The number of fused-ring (bicyclic) bond motifs is 2. The molecule has 0 amide bonds. The highest BCUT2D eigenvalue weighted by atomic mass is 16.7. The maximum atomic E-state index is 12.6. The molecule has 0 fully saturated rings. The molecule has 7 nitrogen and oxygen atoms in total. The molecular formula is C18H19NO6. The number of hydroxylamine groups is 1. The van der Waals surface area contributed by atoms with Gasteiger partial charge in [-0.3, -0.25) is 0 Å². The molecule has 2 heterocycles. The van der Waals surface area contributed by atoms with Crippen LogP contribution in [0, 0.1) is 11.1 Å². The molecule has 5 atom stereocenters. The first-order valence-electron chi connectivity index (χ1n) is 8.40. The van der Waals surface area contributed by atoms with E-state index in [0.717, 1.165) is 4.74 Å². The van der Waals surface area contributed by atoms with Gasteiger partial charge in [0, 0.05) is 7.11 Å². The molecule has 0 saturated carbocycles. The Balaban J connectivity index is 1.82. The van der Waals surface area contributed by atoms with Crippen molar-refractivity contribution in [2.45, 2.75) is 30.1 Å². The maximum absolute atomic E-state index is 12.6. The first-order chi connectivity index (χ1) is 12.1. The van der Waals surface area contributed by atoms with Crippen molar-refractivity contribution >= 4 is 5.71 Å². The molecule has 0 spiro atoms. The standard InChI is InChI=1S/C18H19NO6/c1-23-9-2-3-18-12-6-14-13(24-8-25-14)5-10(12)16(21)11(4-9)17(18)19(22)7-15(18)20/h2-3,5-6,9,11,15-16,20-21H,4,7-8H2,1H3/t9?,11-,15-,16-,18+/m0/s1. The average Bonchev–Trinajstić information content (AvgIpc) is 3.10. The smallest absolute Gasteiger partial charge is 0.231 e. The van der Waals surface area contributed by atoms with Gasteiger partial charge >= 0.3 is 0 Å². The number of hydrogen-bond donors (Lipinski definition) is 2. The number of aliphatic hydroxyl groups is 2. The molecule has 25 heavy (non-hydrogen) atoms. The number of nitrogens with zero attached hydrogens (tertiary/aromatic N) is 1. The van der Waals surface area contributed by atoms with E-state index in [1.165, 1.54) is 0 Å². The molecule has 2 aliphatic heterocycles. The molecular weight excluding hydrogens is 326 g/mol. The lowest BCUT2D eigenvalue weighted by Crippen LogP contribution is -2.50. The average molecular weight is 345 g/mol. The van der Waals surface area contributed by atoms with E-state index in [2.05, 4.69) is 0 Å². The highest BCUT2D eigenvalue weighted by Gasteiger charge is 2.62. The van der Waals surface area contributed by atoms with Crippen molar-refractivity contribution in [3.8, 4) is 11.5 Å². The summed E-state index contributed by atoms with van der Waals surface area (Å²) in [4.78, 5) is 0. The Hall–Kier alpha value is -2.09. The number of benzene rings is 1. The van der Waals surface area contributed by atoms with E-state index in [0.29, 0.717) is 34.8 Å². The molecule has 1 unspecified atom stereocenters. The fourth-order valence-electron chi connectivity index (χ4n) is 4.80. The van der Waals surface area contributed by atoms with E-state index in [1.807, 2.05) is 12.2 Å². The van der Waals surface area contributed by atoms with Crippen molar-refractivity contribution < 1.29 is 29.2 Å². The van der Waals surface area contributed by atoms with Crippen molar-refractivity contribution in [3.63, 3.8) is 0 Å². The van der Waals surface area contributed by atoms with E-state index in [-0.39, 0.29) is 19.4 Å². The SMILES string of the molecule is COC1C=C[C@]23C(=[N+]([O-])C[C@@H]2O)[C@@H](C1)[C@@H](O)c1cc2c(cc13)OCO2. The molecule has 2 bridgehead atoms. The molecule has 1 aromatic rings. The van der Waals surface area contributed by atoms with Gasteiger partial charge in [0.15, 0.2) is 23.8 Å². The Morgan fingerprint density at radius 2 is 2.04 bits per heavy atom. The molecule has 132 valence electrons. The summed E-state index contributed by atoms with van der Waals surface area (Å²) in [6.45, 7) is 0.105. The number of methoxy groups -OCH3 is 1. The van der Waals surface area contributed by atoms with Crippen LogP contribution in [0.25, 0.3) is 0 Å². The highest BCUT2D eigenvalue weighted by Crippen LogP contribution is 2.54. The number of rotatable bonds is 1. The fourth-order valence-corrected chi connectivity index (χ4v) is 4.80. The summed E-state index contributed by atoms with van der Waals surface area (Å²) in [6, 6.07) is 3.56. The van der Waals surface area contributed by atoms with Crippen molar-refractivity contribution in [2.24, 2.45) is 5.92 Å². The van der Waals surface area contributed by atoms with Gasteiger partial charge in [-0.2, -0.15) is 0 Å². The van der Waals surface area contributed by atoms with Gasteiger partial charge in [-0.1, -0.05) is 12.2 Å². The highest BCUT2D eigenvalue weighted by molar-refractivity contribution is 6.00. The van der Waals surface area contributed by atoms with Crippen LogP contribution in [0.4, 0.5) is 0 Å².